The largest absolute Gasteiger partial charge is 0.0952 e. The number of hydrogen-bond donors (Lipinski definition) is 0. The van der Waals surface area contributed by atoms with Gasteiger partial charge in [-0.1, -0.05) is 101 Å². The first-order chi connectivity index (χ1) is 16.0. The molecule has 168 valence electrons. The summed E-state index contributed by atoms with van der Waals surface area (Å²) in [7, 11) is 0. The van der Waals surface area contributed by atoms with Crippen molar-refractivity contribution in [2.24, 2.45) is 0 Å². The van der Waals surface area contributed by atoms with Crippen LogP contribution in [0.15, 0.2) is 73.3 Å². The van der Waals surface area contributed by atoms with E-state index >= 15 is 0 Å². The van der Waals surface area contributed by atoms with Crippen LogP contribution in [0.5, 0.6) is 0 Å². The Bertz CT molecular complexity index is 1230. The van der Waals surface area contributed by atoms with Gasteiger partial charge < -0.3 is 0 Å². The van der Waals surface area contributed by atoms with Gasteiger partial charge in [-0.15, -0.1) is 0 Å². The zero-order chi connectivity index (χ0) is 23.5. The van der Waals surface area contributed by atoms with Gasteiger partial charge in [0.15, 0.2) is 0 Å². The summed E-state index contributed by atoms with van der Waals surface area (Å²) in [6, 6.07) is 20.0. The second-order valence-corrected chi connectivity index (χ2v) is 9.27. The SMILES string of the molecule is C=C(CCC)c1c(C)cc2c(c1-c1cc(CC)ccc1CC)C(=C)C(=Cc1ccccc1)C2. The summed E-state index contributed by atoms with van der Waals surface area (Å²) >= 11 is 0. The maximum absolute atomic E-state index is 4.64. The fourth-order valence-electron chi connectivity index (χ4n) is 5.27. The first-order valence-electron chi connectivity index (χ1n) is 12.4. The maximum atomic E-state index is 4.64. The molecule has 0 radical (unpaired) electrons. The molecule has 0 heterocycles. The minimum Gasteiger partial charge on any atom is -0.0952 e. The molecule has 3 aromatic carbocycles. The summed E-state index contributed by atoms with van der Waals surface area (Å²) in [5.41, 5.74) is 15.9. The van der Waals surface area contributed by atoms with E-state index in [4.69, 9.17) is 0 Å². The van der Waals surface area contributed by atoms with Crippen LogP contribution in [-0.4, -0.2) is 0 Å². The molecule has 0 spiro atoms. The van der Waals surface area contributed by atoms with Crippen LogP contribution in [0.25, 0.3) is 28.3 Å². The van der Waals surface area contributed by atoms with Crippen molar-refractivity contribution in [2.45, 2.75) is 59.8 Å². The molecule has 0 aliphatic heterocycles. The molecular weight excluding hydrogens is 396 g/mol. The highest BCUT2D eigenvalue weighted by Gasteiger charge is 2.28. The first-order valence-corrected chi connectivity index (χ1v) is 12.4. The molecule has 0 unspecified atom stereocenters. The average molecular weight is 433 g/mol. The van der Waals surface area contributed by atoms with E-state index in [-0.39, 0.29) is 0 Å². The summed E-state index contributed by atoms with van der Waals surface area (Å²) in [6.07, 6.45) is 7.42. The number of benzene rings is 3. The van der Waals surface area contributed by atoms with E-state index in [0.29, 0.717) is 0 Å². The zero-order valence-electron chi connectivity index (χ0n) is 20.7. The number of aryl methyl sites for hydroxylation is 3. The van der Waals surface area contributed by atoms with Gasteiger partial charge in [-0.05, 0) is 99.4 Å². The van der Waals surface area contributed by atoms with Gasteiger partial charge in [-0.3, -0.25) is 0 Å². The van der Waals surface area contributed by atoms with E-state index in [0.717, 1.165) is 32.1 Å². The van der Waals surface area contributed by atoms with Gasteiger partial charge in [-0.2, -0.15) is 0 Å². The Kier molecular flexibility index (Phi) is 6.84. The van der Waals surface area contributed by atoms with E-state index in [1.54, 1.807) is 0 Å². The van der Waals surface area contributed by atoms with Gasteiger partial charge in [0.05, 0.1) is 0 Å². The van der Waals surface area contributed by atoms with E-state index in [9.17, 15) is 0 Å². The molecule has 0 atom stereocenters. The molecule has 0 saturated heterocycles. The fraction of sp³-hybridized carbons (Fsp3) is 0.273. The molecule has 0 saturated carbocycles. The second kappa shape index (κ2) is 9.79. The standard InChI is InChI=1S/C33H36/c1-7-13-22(4)31-23(5)18-29-21-28(19-26-14-11-10-12-15-26)24(6)32(29)33(31)30-20-25(8-2)16-17-27(30)9-3/h10-12,14-20H,4,6-9,13,21H2,1-3,5H3. The number of rotatable bonds is 7. The van der Waals surface area contributed by atoms with Crippen LogP contribution >= 0.6 is 0 Å². The van der Waals surface area contributed by atoms with Crippen molar-refractivity contribution in [1.29, 1.82) is 0 Å². The topological polar surface area (TPSA) is 0 Å². The van der Waals surface area contributed by atoms with E-state index < -0.39 is 0 Å². The van der Waals surface area contributed by atoms with Gasteiger partial charge in [0, 0.05) is 0 Å². The van der Waals surface area contributed by atoms with E-state index in [1.807, 2.05) is 0 Å². The molecule has 3 aromatic rings. The molecule has 0 nitrogen and oxygen atoms in total. The molecule has 0 aromatic heterocycles. The van der Waals surface area contributed by atoms with Crippen LogP contribution in [0.4, 0.5) is 0 Å². The highest BCUT2D eigenvalue weighted by molar-refractivity contribution is 6.00. The smallest absolute Gasteiger partial charge is 0.00131 e. The second-order valence-electron chi connectivity index (χ2n) is 9.27. The van der Waals surface area contributed by atoms with Crippen molar-refractivity contribution in [1.82, 2.24) is 0 Å². The van der Waals surface area contributed by atoms with E-state index in [2.05, 4.69) is 102 Å². The predicted molar refractivity (Wildman–Crippen MR) is 146 cm³/mol. The minimum absolute atomic E-state index is 0.937. The lowest BCUT2D eigenvalue weighted by Gasteiger charge is -2.22. The fourth-order valence-corrected chi connectivity index (χ4v) is 5.27. The van der Waals surface area contributed by atoms with Crippen LogP contribution < -0.4 is 0 Å². The first kappa shape index (κ1) is 23.1. The van der Waals surface area contributed by atoms with Gasteiger partial charge >= 0.3 is 0 Å². The zero-order valence-corrected chi connectivity index (χ0v) is 20.7. The van der Waals surface area contributed by atoms with Crippen molar-refractivity contribution in [3.8, 4) is 11.1 Å². The third kappa shape index (κ3) is 4.40. The molecular formula is C33H36. The van der Waals surface area contributed by atoms with Crippen molar-refractivity contribution in [2.75, 3.05) is 0 Å². The van der Waals surface area contributed by atoms with Crippen molar-refractivity contribution >= 4 is 17.2 Å². The summed E-state index contributed by atoms with van der Waals surface area (Å²) in [5, 5.41) is 0. The lowest BCUT2D eigenvalue weighted by atomic mass is 9.81. The molecule has 0 bridgehead atoms. The van der Waals surface area contributed by atoms with Crippen molar-refractivity contribution < 1.29 is 0 Å². The molecule has 0 amide bonds. The molecule has 1 aliphatic carbocycles. The molecule has 0 fully saturated rings. The average Bonchev–Trinajstić information content (AvgIpc) is 3.12. The van der Waals surface area contributed by atoms with Gasteiger partial charge in [0.2, 0.25) is 0 Å². The minimum atomic E-state index is 0.937. The lowest BCUT2D eigenvalue weighted by Crippen LogP contribution is -2.02. The number of allylic oxidation sites excluding steroid dienone is 3. The van der Waals surface area contributed by atoms with Crippen LogP contribution in [-0.2, 0) is 19.3 Å². The molecule has 1 aliphatic rings. The summed E-state index contributed by atoms with van der Waals surface area (Å²) in [5.74, 6) is 0. The van der Waals surface area contributed by atoms with Gasteiger partial charge in [0.1, 0.15) is 0 Å². The molecule has 0 heteroatoms. The Labute approximate surface area is 200 Å². The van der Waals surface area contributed by atoms with Crippen LogP contribution in [0.2, 0.25) is 0 Å². The monoisotopic (exact) mass is 432 g/mol. The van der Waals surface area contributed by atoms with Crippen molar-refractivity contribution in [3.63, 3.8) is 0 Å². The van der Waals surface area contributed by atoms with E-state index in [1.165, 1.54) is 66.8 Å². The van der Waals surface area contributed by atoms with Crippen LogP contribution in [0.3, 0.4) is 0 Å². The lowest BCUT2D eigenvalue weighted by molar-refractivity contribution is 0.973. The highest BCUT2D eigenvalue weighted by atomic mass is 14.3. The summed E-state index contributed by atoms with van der Waals surface area (Å²) < 4.78 is 0. The number of fused-ring (bicyclic) bond motifs is 1. The molecule has 0 N–H and O–H groups in total. The Balaban J connectivity index is 2.00. The summed E-state index contributed by atoms with van der Waals surface area (Å²) in [4.78, 5) is 0. The Morgan fingerprint density at radius 1 is 0.939 bits per heavy atom. The quantitative estimate of drug-likeness (QED) is 0.349. The highest BCUT2D eigenvalue weighted by Crippen LogP contribution is 2.48. The normalized spacial score (nSPS) is 14.1. The van der Waals surface area contributed by atoms with Crippen LogP contribution in [0.1, 0.15) is 72.6 Å². The van der Waals surface area contributed by atoms with Gasteiger partial charge in [-0.25, -0.2) is 0 Å². The third-order valence-corrected chi connectivity index (χ3v) is 6.96. The van der Waals surface area contributed by atoms with Crippen LogP contribution in [0, 0.1) is 6.92 Å². The van der Waals surface area contributed by atoms with Gasteiger partial charge in [0.25, 0.3) is 0 Å². The molecule has 4 rings (SSSR count). The Morgan fingerprint density at radius 3 is 2.36 bits per heavy atom. The Hall–Kier alpha value is -3.12. The maximum Gasteiger partial charge on any atom is -0.00131 e. The predicted octanol–water partition coefficient (Wildman–Crippen LogP) is 9.25. The molecule has 33 heavy (non-hydrogen) atoms. The Morgan fingerprint density at radius 2 is 1.70 bits per heavy atom. The van der Waals surface area contributed by atoms with Crippen molar-refractivity contribution in [3.05, 3.63) is 112 Å². The summed E-state index contributed by atoms with van der Waals surface area (Å²) in [6.45, 7) is 18.2. The number of hydrogen-bond acceptors (Lipinski definition) is 0. The third-order valence-electron chi connectivity index (χ3n) is 6.96.